The van der Waals surface area contributed by atoms with Gasteiger partial charge in [-0.15, -0.1) is 0 Å². The number of hydrogen-bond donors (Lipinski definition) is 1. The van der Waals surface area contributed by atoms with Crippen molar-refractivity contribution in [2.75, 3.05) is 65.4 Å². The number of carbonyl (C=O) groups excluding carboxylic acids is 1. The van der Waals surface area contributed by atoms with Gasteiger partial charge in [0.25, 0.3) is 5.91 Å². The molecule has 40 heavy (non-hydrogen) atoms. The van der Waals surface area contributed by atoms with Crippen LogP contribution in [0, 0.1) is 17.2 Å². The van der Waals surface area contributed by atoms with Gasteiger partial charge in [-0.2, -0.15) is 15.2 Å². The van der Waals surface area contributed by atoms with Gasteiger partial charge in [-0.05, 0) is 57.6 Å². The molecule has 1 aromatic carbocycles. The topological polar surface area (TPSA) is 109 Å². The highest BCUT2D eigenvalue weighted by atomic mass is 16.2. The second kappa shape index (κ2) is 12.7. The van der Waals surface area contributed by atoms with E-state index in [1.54, 1.807) is 11.3 Å². The fraction of sp³-hybridized carbons (Fsp3) is 0.552. The average molecular weight is 545 g/mol. The third-order valence-corrected chi connectivity index (χ3v) is 7.96. The predicted octanol–water partition coefficient (Wildman–Crippen LogP) is 2.35. The van der Waals surface area contributed by atoms with Crippen molar-refractivity contribution in [2.24, 2.45) is 5.92 Å². The molecule has 1 saturated heterocycles. The number of benzene rings is 1. The minimum absolute atomic E-state index is 0.0630. The molecule has 0 atom stereocenters. The van der Waals surface area contributed by atoms with Crippen LogP contribution in [0.25, 0.3) is 11.2 Å². The van der Waals surface area contributed by atoms with Gasteiger partial charge in [0.1, 0.15) is 6.07 Å². The molecule has 0 spiro atoms. The maximum Gasteiger partial charge on any atom is 0.269 e. The Bertz CT molecular complexity index is 1330. The third kappa shape index (κ3) is 6.75. The van der Waals surface area contributed by atoms with E-state index in [-0.39, 0.29) is 11.7 Å². The summed E-state index contributed by atoms with van der Waals surface area (Å²) in [7, 11) is 6.18. The Morgan fingerprint density at radius 3 is 2.50 bits per heavy atom. The molecule has 2 aromatic heterocycles. The summed E-state index contributed by atoms with van der Waals surface area (Å²) in [5, 5.41) is 11.5. The van der Waals surface area contributed by atoms with Gasteiger partial charge in [-0.25, -0.2) is 4.98 Å². The van der Waals surface area contributed by atoms with E-state index in [9.17, 15) is 10.1 Å². The Balaban J connectivity index is 1.37. The van der Waals surface area contributed by atoms with Crippen molar-refractivity contribution < 1.29 is 4.79 Å². The zero-order valence-corrected chi connectivity index (χ0v) is 23.9. The first-order valence-electron chi connectivity index (χ1n) is 14.3. The van der Waals surface area contributed by atoms with E-state index < -0.39 is 0 Å². The van der Waals surface area contributed by atoms with E-state index in [4.69, 9.17) is 0 Å². The smallest absolute Gasteiger partial charge is 0.269 e. The van der Waals surface area contributed by atoms with Crippen molar-refractivity contribution in [1.29, 1.82) is 5.26 Å². The Labute approximate surface area is 236 Å². The van der Waals surface area contributed by atoms with Crippen LogP contribution in [0.5, 0.6) is 0 Å². The minimum Gasteiger partial charge on any atom is -0.314 e. The highest BCUT2D eigenvalue weighted by molar-refractivity contribution is 5.96. The monoisotopic (exact) mass is 544 g/mol. The molecule has 3 heterocycles. The lowest BCUT2D eigenvalue weighted by molar-refractivity contribution is 0.0947. The van der Waals surface area contributed by atoms with Gasteiger partial charge in [0, 0.05) is 57.9 Å². The Morgan fingerprint density at radius 2 is 1.82 bits per heavy atom. The molecule has 1 saturated carbocycles. The second-order valence-corrected chi connectivity index (χ2v) is 11.4. The quantitative estimate of drug-likeness (QED) is 0.385. The molecule has 1 aliphatic carbocycles. The number of piperazine rings is 1. The van der Waals surface area contributed by atoms with Crippen LogP contribution >= 0.6 is 0 Å². The molecule has 1 aliphatic heterocycles. The van der Waals surface area contributed by atoms with Crippen LogP contribution < -0.4 is 10.4 Å². The number of likely N-dealkylation sites (N-methyl/N-ethyl adjacent to an activating group) is 2. The van der Waals surface area contributed by atoms with Crippen molar-refractivity contribution >= 4 is 22.9 Å². The van der Waals surface area contributed by atoms with Gasteiger partial charge in [0.2, 0.25) is 5.82 Å². The molecule has 0 unspecified atom stereocenters. The van der Waals surface area contributed by atoms with Crippen LogP contribution in [-0.4, -0.2) is 101 Å². The average Bonchev–Trinajstić information content (AvgIpc) is 3.62. The third-order valence-electron chi connectivity index (χ3n) is 7.96. The van der Waals surface area contributed by atoms with Crippen LogP contribution in [0.3, 0.4) is 0 Å². The molecular formula is C29H40N10O. The first kappa shape index (κ1) is 28.0. The Hall–Kier alpha value is -3.59. The zero-order chi connectivity index (χ0) is 28.1. The summed E-state index contributed by atoms with van der Waals surface area (Å²) in [5.41, 5.74) is 6.07. The van der Waals surface area contributed by atoms with Crippen molar-refractivity contribution in [3.8, 4) is 6.07 Å². The van der Waals surface area contributed by atoms with E-state index in [0.717, 1.165) is 52.1 Å². The summed E-state index contributed by atoms with van der Waals surface area (Å²) < 4.78 is 1.94. The molecule has 2 aliphatic rings. The molecule has 1 N–H and O–H groups in total. The first-order chi connectivity index (χ1) is 19.4. The van der Waals surface area contributed by atoms with Gasteiger partial charge in [0.05, 0.1) is 6.33 Å². The number of nitriles is 1. The van der Waals surface area contributed by atoms with Crippen molar-refractivity contribution in [1.82, 2.24) is 39.6 Å². The normalized spacial score (nSPS) is 17.0. The van der Waals surface area contributed by atoms with Crippen LogP contribution in [0.15, 0.2) is 30.6 Å². The molecule has 0 bridgehead atoms. The Kier molecular flexibility index (Phi) is 8.89. The second-order valence-electron chi connectivity index (χ2n) is 11.4. The molecule has 1 amide bonds. The number of aromatic nitrogens is 4. The maximum atomic E-state index is 13.5. The van der Waals surface area contributed by atoms with Gasteiger partial charge < -0.3 is 14.4 Å². The molecule has 3 aromatic rings. The van der Waals surface area contributed by atoms with Gasteiger partial charge in [0.15, 0.2) is 17.0 Å². The lowest BCUT2D eigenvalue weighted by Gasteiger charge is -2.32. The van der Waals surface area contributed by atoms with Gasteiger partial charge in [-0.1, -0.05) is 25.0 Å². The van der Waals surface area contributed by atoms with E-state index in [1.807, 2.05) is 42.9 Å². The number of rotatable bonds is 10. The number of hydrogen-bond acceptors (Lipinski definition) is 9. The largest absolute Gasteiger partial charge is 0.314 e. The highest BCUT2D eigenvalue weighted by Gasteiger charge is 2.25. The SMILES string of the molecule is CN(C)CCn1cnc2c(N(CC3CCCC3)NC(=O)c3ccc(CN4CCN(C)CC4)cc3)nc(C#N)nc21. The molecule has 0 radical (unpaired) electrons. The molecular weight excluding hydrogens is 504 g/mol. The lowest BCUT2D eigenvalue weighted by atomic mass is 10.1. The van der Waals surface area contributed by atoms with E-state index in [1.165, 1.54) is 18.4 Å². The molecule has 2 fully saturated rings. The van der Waals surface area contributed by atoms with Gasteiger partial charge >= 0.3 is 0 Å². The van der Waals surface area contributed by atoms with E-state index >= 15 is 0 Å². The Morgan fingerprint density at radius 1 is 1.10 bits per heavy atom. The molecule has 11 heteroatoms. The summed E-state index contributed by atoms with van der Waals surface area (Å²) in [5.74, 6) is 0.754. The molecule has 5 rings (SSSR count). The van der Waals surface area contributed by atoms with Crippen LogP contribution in [0.4, 0.5) is 5.82 Å². The first-order valence-corrected chi connectivity index (χ1v) is 14.3. The van der Waals surface area contributed by atoms with E-state index in [0.29, 0.717) is 41.6 Å². The summed E-state index contributed by atoms with van der Waals surface area (Å²) in [6.45, 7) is 7.24. The summed E-state index contributed by atoms with van der Waals surface area (Å²) in [4.78, 5) is 34.0. The van der Waals surface area contributed by atoms with E-state index in [2.05, 4.69) is 48.2 Å². The zero-order valence-electron chi connectivity index (χ0n) is 23.9. The fourth-order valence-corrected chi connectivity index (χ4v) is 5.49. The number of nitrogens with zero attached hydrogens (tertiary/aromatic N) is 9. The number of hydrazine groups is 1. The molecule has 212 valence electrons. The minimum atomic E-state index is -0.207. The number of carbonyl (C=O) groups is 1. The summed E-state index contributed by atoms with van der Waals surface area (Å²) >= 11 is 0. The van der Waals surface area contributed by atoms with Crippen LogP contribution in [0.1, 0.15) is 47.4 Å². The number of anilines is 1. The summed E-state index contributed by atoms with van der Waals surface area (Å²) in [6, 6.07) is 9.96. The molecule has 11 nitrogen and oxygen atoms in total. The standard InChI is InChI=1S/C29H40N10O/c1-35(2)12-17-38-21-31-26-27(38)32-25(18-30)33-28(26)39(20-22-6-4-5-7-22)34-29(40)24-10-8-23(9-11-24)19-37-15-13-36(3)14-16-37/h8-11,21-22H,4-7,12-17,19-20H2,1-3H3,(H,34,40). The predicted molar refractivity (Wildman–Crippen MR) is 155 cm³/mol. The maximum absolute atomic E-state index is 13.5. The summed E-state index contributed by atoms with van der Waals surface area (Å²) in [6.07, 6.45) is 6.31. The highest BCUT2D eigenvalue weighted by Crippen LogP contribution is 2.29. The van der Waals surface area contributed by atoms with Crippen LogP contribution in [0.2, 0.25) is 0 Å². The number of imidazole rings is 1. The fourth-order valence-electron chi connectivity index (χ4n) is 5.49. The number of amides is 1. The van der Waals surface area contributed by atoms with Crippen molar-refractivity contribution in [2.45, 2.75) is 38.8 Å². The lowest BCUT2D eigenvalue weighted by Crippen LogP contribution is -2.45. The number of fused-ring (bicyclic) bond motifs is 1. The van der Waals surface area contributed by atoms with Crippen molar-refractivity contribution in [3.63, 3.8) is 0 Å². The number of nitrogens with one attached hydrogen (secondary N) is 1. The van der Waals surface area contributed by atoms with Gasteiger partial charge in [-0.3, -0.25) is 20.1 Å². The van der Waals surface area contributed by atoms with Crippen molar-refractivity contribution in [3.05, 3.63) is 47.5 Å². The van der Waals surface area contributed by atoms with Crippen LogP contribution in [-0.2, 0) is 13.1 Å².